The second-order valence-electron chi connectivity index (χ2n) is 4.77. The molecule has 2 aromatic rings. The van der Waals surface area contributed by atoms with Gasteiger partial charge in [0.05, 0.1) is 5.39 Å². The summed E-state index contributed by atoms with van der Waals surface area (Å²) in [6.07, 6.45) is 5.09. The summed E-state index contributed by atoms with van der Waals surface area (Å²) in [6.45, 7) is 1.86. The number of hydrogen-bond donors (Lipinski definition) is 0. The van der Waals surface area contributed by atoms with Gasteiger partial charge >= 0.3 is 0 Å². The maximum Gasteiger partial charge on any atom is 0.258 e. The zero-order valence-electron chi connectivity index (χ0n) is 9.74. The molecule has 1 aliphatic carbocycles. The van der Waals surface area contributed by atoms with Gasteiger partial charge in [-0.05, 0) is 43.9 Å². The van der Waals surface area contributed by atoms with Gasteiger partial charge in [0.25, 0.3) is 5.56 Å². The lowest BCUT2D eigenvalue weighted by atomic mass is 9.92. The normalized spacial score (nSPS) is 16.1. The molecule has 0 N–H and O–H groups in total. The lowest BCUT2D eigenvalue weighted by Gasteiger charge is -2.28. The van der Waals surface area contributed by atoms with Crippen molar-refractivity contribution in [2.75, 3.05) is 0 Å². The fourth-order valence-electron chi connectivity index (χ4n) is 2.51. The highest BCUT2D eigenvalue weighted by Gasteiger charge is 2.22. The summed E-state index contributed by atoms with van der Waals surface area (Å²) < 4.78 is 15.5. The Bertz CT molecular complexity index is 640. The molecule has 0 amide bonds. The Balaban J connectivity index is 2.35. The minimum absolute atomic E-state index is 0.0604. The molecule has 0 unspecified atom stereocenters. The van der Waals surface area contributed by atoms with Crippen molar-refractivity contribution < 1.29 is 4.39 Å². The van der Waals surface area contributed by atoms with Crippen LogP contribution in [0, 0.1) is 12.7 Å². The maximum absolute atomic E-state index is 13.7. The summed E-state index contributed by atoms with van der Waals surface area (Å²) >= 11 is 0. The molecule has 1 fully saturated rings. The molecule has 1 heterocycles. The number of rotatable bonds is 1. The van der Waals surface area contributed by atoms with Crippen LogP contribution < -0.4 is 5.56 Å². The highest BCUT2D eigenvalue weighted by Crippen LogP contribution is 2.31. The molecule has 1 aromatic heterocycles. The average molecular weight is 231 g/mol. The van der Waals surface area contributed by atoms with Crippen LogP contribution >= 0.6 is 0 Å². The number of pyridine rings is 1. The molecule has 1 saturated carbocycles. The molecule has 0 atom stereocenters. The van der Waals surface area contributed by atoms with E-state index < -0.39 is 0 Å². The highest BCUT2D eigenvalue weighted by atomic mass is 19.1. The number of aromatic nitrogens is 1. The van der Waals surface area contributed by atoms with Crippen LogP contribution in [-0.4, -0.2) is 4.57 Å². The van der Waals surface area contributed by atoms with Crippen LogP contribution in [0.1, 0.15) is 30.9 Å². The SMILES string of the molecule is Cc1cn(C2CCC2)c(=O)c2cccc(F)c12. The van der Waals surface area contributed by atoms with E-state index in [2.05, 4.69) is 0 Å². The van der Waals surface area contributed by atoms with Crippen molar-refractivity contribution in [1.29, 1.82) is 0 Å². The Morgan fingerprint density at radius 3 is 2.76 bits per heavy atom. The first kappa shape index (κ1) is 10.5. The van der Waals surface area contributed by atoms with Crippen molar-refractivity contribution in [3.05, 3.63) is 46.1 Å². The molecular formula is C14H14FNO. The van der Waals surface area contributed by atoms with Crippen LogP contribution in [0.2, 0.25) is 0 Å². The molecule has 3 rings (SSSR count). The van der Waals surface area contributed by atoms with Crippen molar-refractivity contribution in [3.8, 4) is 0 Å². The van der Waals surface area contributed by atoms with Gasteiger partial charge in [0, 0.05) is 17.6 Å². The fraction of sp³-hybridized carbons (Fsp3) is 0.357. The van der Waals surface area contributed by atoms with E-state index >= 15 is 0 Å². The van der Waals surface area contributed by atoms with Crippen molar-refractivity contribution >= 4 is 10.8 Å². The molecule has 0 bridgehead atoms. The van der Waals surface area contributed by atoms with Crippen LogP contribution in [0.15, 0.2) is 29.2 Å². The number of aryl methyl sites for hydroxylation is 1. The summed E-state index contributed by atoms with van der Waals surface area (Å²) in [4.78, 5) is 12.3. The summed E-state index contributed by atoms with van der Waals surface area (Å²) in [5, 5.41) is 0.963. The molecule has 3 heteroatoms. The zero-order valence-corrected chi connectivity index (χ0v) is 9.74. The van der Waals surface area contributed by atoms with Gasteiger partial charge in [-0.1, -0.05) is 6.07 Å². The molecule has 0 aliphatic heterocycles. The van der Waals surface area contributed by atoms with E-state index in [0.29, 0.717) is 16.8 Å². The Kier molecular flexibility index (Phi) is 2.28. The van der Waals surface area contributed by atoms with E-state index in [1.165, 1.54) is 12.5 Å². The van der Waals surface area contributed by atoms with Gasteiger partial charge in [-0.2, -0.15) is 0 Å². The van der Waals surface area contributed by atoms with Crippen molar-refractivity contribution in [3.63, 3.8) is 0 Å². The number of benzene rings is 1. The van der Waals surface area contributed by atoms with E-state index in [0.717, 1.165) is 18.4 Å². The van der Waals surface area contributed by atoms with Gasteiger partial charge in [-0.3, -0.25) is 4.79 Å². The van der Waals surface area contributed by atoms with E-state index in [1.807, 2.05) is 6.92 Å². The highest BCUT2D eigenvalue weighted by molar-refractivity contribution is 5.85. The first-order valence-corrected chi connectivity index (χ1v) is 5.98. The van der Waals surface area contributed by atoms with Crippen LogP contribution in [-0.2, 0) is 0 Å². The zero-order chi connectivity index (χ0) is 12.0. The topological polar surface area (TPSA) is 22.0 Å². The molecule has 1 aromatic carbocycles. The third-order valence-electron chi connectivity index (χ3n) is 3.67. The monoisotopic (exact) mass is 231 g/mol. The molecule has 88 valence electrons. The van der Waals surface area contributed by atoms with Crippen molar-refractivity contribution in [2.24, 2.45) is 0 Å². The average Bonchev–Trinajstić information content (AvgIpc) is 2.22. The summed E-state index contributed by atoms with van der Waals surface area (Å²) in [7, 11) is 0. The smallest absolute Gasteiger partial charge is 0.258 e. The van der Waals surface area contributed by atoms with Gasteiger partial charge in [-0.25, -0.2) is 4.39 Å². The lowest BCUT2D eigenvalue weighted by molar-refractivity contribution is 0.307. The number of halogens is 1. The number of hydrogen-bond acceptors (Lipinski definition) is 1. The van der Waals surface area contributed by atoms with E-state index in [9.17, 15) is 9.18 Å². The predicted octanol–water partition coefficient (Wildman–Crippen LogP) is 3.17. The molecule has 2 nitrogen and oxygen atoms in total. The Labute approximate surface area is 98.7 Å². The molecule has 0 spiro atoms. The summed E-state index contributed by atoms with van der Waals surface area (Å²) in [6, 6.07) is 5.03. The van der Waals surface area contributed by atoms with Crippen molar-refractivity contribution in [2.45, 2.75) is 32.2 Å². The van der Waals surface area contributed by atoms with Gasteiger partial charge in [0.2, 0.25) is 0 Å². The minimum atomic E-state index is -0.308. The van der Waals surface area contributed by atoms with E-state index in [1.54, 1.807) is 22.9 Å². The minimum Gasteiger partial charge on any atom is -0.312 e. The number of nitrogens with zero attached hydrogens (tertiary/aromatic N) is 1. The predicted molar refractivity (Wildman–Crippen MR) is 65.8 cm³/mol. The lowest BCUT2D eigenvalue weighted by Crippen LogP contribution is -2.29. The van der Waals surface area contributed by atoms with Gasteiger partial charge < -0.3 is 4.57 Å². The second kappa shape index (κ2) is 3.69. The Hall–Kier alpha value is -1.64. The Morgan fingerprint density at radius 2 is 2.12 bits per heavy atom. The van der Waals surface area contributed by atoms with Crippen LogP contribution in [0.5, 0.6) is 0 Å². The first-order chi connectivity index (χ1) is 8.18. The number of fused-ring (bicyclic) bond motifs is 1. The standard InChI is InChI=1S/C14H14FNO/c1-9-8-16(10-4-2-5-10)14(17)11-6-3-7-12(15)13(9)11/h3,6-8,10H,2,4-5H2,1H3. The third-order valence-corrected chi connectivity index (χ3v) is 3.67. The maximum atomic E-state index is 13.7. The summed E-state index contributed by atoms with van der Waals surface area (Å²) in [5.74, 6) is -0.308. The quantitative estimate of drug-likeness (QED) is 0.738. The van der Waals surface area contributed by atoms with Gasteiger partial charge in [0.15, 0.2) is 0 Å². The third kappa shape index (κ3) is 1.49. The largest absolute Gasteiger partial charge is 0.312 e. The van der Waals surface area contributed by atoms with E-state index in [-0.39, 0.29) is 11.4 Å². The second-order valence-corrected chi connectivity index (χ2v) is 4.77. The fourth-order valence-corrected chi connectivity index (χ4v) is 2.51. The van der Waals surface area contributed by atoms with Crippen LogP contribution in [0.25, 0.3) is 10.8 Å². The van der Waals surface area contributed by atoms with Gasteiger partial charge in [-0.15, -0.1) is 0 Å². The molecular weight excluding hydrogens is 217 g/mol. The first-order valence-electron chi connectivity index (χ1n) is 5.98. The van der Waals surface area contributed by atoms with E-state index in [4.69, 9.17) is 0 Å². The Morgan fingerprint density at radius 1 is 1.35 bits per heavy atom. The van der Waals surface area contributed by atoms with Crippen LogP contribution in [0.3, 0.4) is 0 Å². The summed E-state index contributed by atoms with van der Waals surface area (Å²) in [5.41, 5.74) is 0.777. The van der Waals surface area contributed by atoms with Crippen molar-refractivity contribution in [1.82, 2.24) is 4.57 Å². The molecule has 0 radical (unpaired) electrons. The van der Waals surface area contributed by atoms with Gasteiger partial charge in [0.1, 0.15) is 5.82 Å². The molecule has 0 saturated heterocycles. The van der Waals surface area contributed by atoms with Crippen LogP contribution in [0.4, 0.5) is 4.39 Å². The molecule has 1 aliphatic rings. The molecule has 17 heavy (non-hydrogen) atoms.